The van der Waals surface area contributed by atoms with Crippen molar-refractivity contribution in [3.63, 3.8) is 0 Å². The minimum Gasteiger partial charge on any atom is -0.481 e. The molecule has 0 spiro atoms. The molecule has 0 aliphatic heterocycles. The van der Waals surface area contributed by atoms with E-state index in [9.17, 15) is 4.79 Å². The van der Waals surface area contributed by atoms with Crippen LogP contribution in [0.3, 0.4) is 0 Å². The van der Waals surface area contributed by atoms with E-state index in [1.54, 1.807) is 18.5 Å². The van der Waals surface area contributed by atoms with E-state index in [0.29, 0.717) is 5.75 Å². The molecule has 3 aromatic rings. The number of ether oxygens (including phenoxy) is 1. The van der Waals surface area contributed by atoms with Gasteiger partial charge in [-0.15, -0.1) is 0 Å². The second-order valence-electron chi connectivity index (χ2n) is 5.37. The van der Waals surface area contributed by atoms with Gasteiger partial charge in [-0.25, -0.2) is 5.43 Å². The molecule has 0 saturated heterocycles. The minimum absolute atomic E-state index is 0.126. The molecule has 3 rings (SSSR count). The van der Waals surface area contributed by atoms with Gasteiger partial charge in [0.25, 0.3) is 5.91 Å². The molecule has 24 heavy (non-hydrogen) atoms. The van der Waals surface area contributed by atoms with Crippen LogP contribution in [-0.2, 0) is 11.8 Å². The summed E-state index contributed by atoms with van der Waals surface area (Å²) in [5, 5.41) is 4.91. The van der Waals surface area contributed by atoms with Gasteiger partial charge in [0.2, 0.25) is 0 Å². The fourth-order valence-electron chi connectivity index (χ4n) is 2.30. The van der Waals surface area contributed by atoms with Crippen LogP contribution in [-0.4, -0.2) is 28.3 Å². The third-order valence-electron chi connectivity index (χ3n) is 3.75. The molecule has 122 valence electrons. The van der Waals surface area contributed by atoms with Crippen molar-refractivity contribution in [2.24, 2.45) is 12.1 Å². The van der Waals surface area contributed by atoms with Crippen LogP contribution >= 0.6 is 0 Å². The van der Waals surface area contributed by atoms with Crippen molar-refractivity contribution in [3.8, 4) is 5.75 Å². The van der Waals surface area contributed by atoms with Gasteiger partial charge in [0.15, 0.2) is 6.61 Å². The zero-order valence-corrected chi connectivity index (χ0v) is 13.6. The lowest BCUT2D eigenvalue weighted by Gasteiger charge is -2.07. The summed E-state index contributed by atoms with van der Waals surface area (Å²) in [5.74, 6) is 0.246. The lowest BCUT2D eigenvalue weighted by molar-refractivity contribution is -0.123. The van der Waals surface area contributed by atoms with Crippen LogP contribution in [0.5, 0.6) is 5.75 Å². The predicted molar refractivity (Wildman–Crippen MR) is 93.1 cm³/mol. The number of aromatic nitrogens is 2. The highest BCUT2D eigenvalue weighted by molar-refractivity contribution is 5.85. The average molecular weight is 322 g/mol. The number of aryl methyl sites for hydroxylation is 1. The Hall–Kier alpha value is -3.15. The van der Waals surface area contributed by atoms with Gasteiger partial charge in [-0.3, -0.25) is 9.78 Å². The second-order valence-corrected chi connectivity index (χ2v) is 5.37. The first-order valence-corrected chi connectivity index (χ1v) is 7.56. The Morgan fingerprint density at radius 3 is 2.92 bits per heavy atom. The Labute approximate surface area is 139 Å². The number of hydrogen-bond acceptors (Lipinski definition) is 4. The molecular weight excluding hydrogens is 304 g/mol. The number of pyridine rings is 1. The molecule has 0 bridgehead atoms. The van der Waals surface area contributed by atoms with Crippen LogP contribution in [0.15, 0.2) is 53.8 Å². The number of carbonyl (C=O) groups is 1. The number of amides is 1. The van der Waals surface area contributed by atoms with Crippen LogP contribution in [0, 0.1) is 6.92 Å². The van der Waals surface area contributed by atoms with Crippen LogP contribution in [0.1, 0.15) is 11.4 Å². The third-order valence-corrected chi connectivity index (χ3v) is 3.75. The SMILES string of the molecule is Cc1ccc(/C=N/NC(=O)COc2cccc3cccnc23)n1C. The van der Waals surface area contributed by atoms with Crippen molar-refractivity contribution in [3.05, 3.63) is 60.0 Å². The number of nitrogens with zero attached hydrogens (tertiary/aromatic N) is 3. The molecule has 0 atom stereocenters. The summed E-state index contributed by atoms with van der Waals surface area (Å²) >= 11 is 0. The maximum absolute atomic E-state index is 11.9. The summed E-state index contributed by atoms with van der Waals surface area (Å²) in [6.07, 6.45) is 3.30. The van der Waals surface area contributed by atoms with Crippen LogP contribution in [0.2, 0.25) is 0 Å². The summed E-state index contributed by atoms with van der Waals surface area (Å²) in [6, 6.07) is 13.3. The number of rotatable bonds is 5. The van der Waals surface area contributed by atoms with Gasteiger partial charge in [0.1, 0.15) is 11.3 Å². The van der Waals surface area contributed by atoms with Gasteiger partial charge < -0.3 is 9.30 Å². The first-order valence-electron chi connectivity index (χ1n) is 7.56. The molecule has 0 radical (unpaired) electrons. The standard InChI is InChI=1S/C18H18N4O2/c1-13-8-9-15(22(13)2)11-20-21-17(23)12-24-16-7-3-5-14-6-4-10-19-18(14)16/h3-11H,12H2,1-2H3,(H,21,23)/b20-11+. The van der Waals surface area contributed by atoms with Gasteiger partial charge in [-0.05, 0) is 31.2 Å². The summed E-state index contributed by atoms with van der Waals surface area (Å²) < 4.78 is 7.54. The fraction of sp³-hybridized carbons (Fsp3) is 0.167. The quantitative estimate of drug-likeness (QED) is 0.579. The Morgan fingerprint density at radius 1 is 1.29 bits per heavy atom. The summed E-state index contributed by atoms with van der Waals surface area (Å²) in [5.41, 5.74) is 5.22. The molecule has 0 saturated carbocycles. The number of fused-ring (bicyclic) bond motifs is 1. The first kappa shape index (κ1) is 15.7. The van der Waals surface area contributed by atoms with E-state index < -0.39 is 0 Å². The molecule has 0 aliphatic carbocycles. The molecule has 0 aliphatic rings. The van der Waals surface area contributed by atoms with Crippen molar-refractivity contribution in [1.29, 1.82) is 0 Å². The molecule has 2 aromatic heterocycles. The maximum atomic E-state index is 11.9. The monoisotopic (exact) mass is 322 g/mol. The number of hydrazone groups is 1. The van der Waals surface area contributed by atoms with E-state index in [1.807, 2.05) is 54.9 Å². The highest BCUT2D eigenvalue weighted by atomic mass is 16.5. The summed E-state index contributed by atoms with van der Waals surface area (Å²) in [4.78, 5) is 16.1. The molecule has 1 amide bonds. The van der Waals surface area contributed by atoms with Crippen molar-refractivity contribution in [2.75, 3.05) is 6.61 Å². The van der Waals surface area contributed by atoms with E-state index in [-0.39, 0.29) is 12.5 Å². The molecule has 0 fully saturated rings. The average Bonchev–Trinajstić information content (AvgIpc) is 2.92. The van der Waals surface area contributed by atoms with E-state index in [2.05, 4.69) is 15.5 Å². The topological polar surface area (TPSA) is 68.5 Å². The number of hydrogen-bond donors (Lipinski definition) is 1. The predicted octanol–water partition coefficient (Wildman–Crippen LogP) is 2.41. The lowest BCUT2D eigenvalue weighted by atomic mass is 10.2. The van der Waals surface area contributed by atoms with Crippen molar-refractivity contribution < 1.29 is 9.53 Å². The molecule has 2 heterocycles. The number of carbonyl (C=O) groups excluding carboxylic acids is 1. The number of benzene rings is 1. The molecule has 1 N–H and O–H groups in total. The number of para-hydroxylation sites is 1. The van der Waals surface area contributed by atoms with Crippen LogP contribution in [0.25, 0.3) is 10.9 Å². The van der Waals surface area contributed by atoms with Crippen molar-refractivity contribution in [1.82, 2.24) is 15.0 Å². The first-order chi connectivity index (χ1) is 11.6. The van der Waals surface area contributed by atoms with E-state index in [4.69, 9.17) is 4.74 Å². The maximum Gasteiger partial charge on any atom is 0.277 e. The highest BCUT2D eigenvalue weighted by Crippen LogP contribution is 2.22. The Morgan fingerprint density at radius 2 is 2.12 bits per heavy atom. The van der Waals surface area contributed by atoms with Gasteiger partial charge in [0, 0.05) is 24.3 Å². The zero-order valence-electron chi connectivity index (χ0n) is 13.6. The molecule has 1 aromatic carbocycles. The molecule has 6 heteroatoms. The molecule has 0 unspecified atom stereocenters. The molecule has 6 nitrogen and oxygen atoms in total. The highest BCUT2D eigenvalue weighted by Gasteiger charge is 2.06. The van der Waals surface area contributed by atoms with Crippen LogP contribution < -0.4 is 10.2 Å². The Kier molecular flexibility index (Phi) is 4.56. The number of nitrogens with one attached hydrogen (secondary N) is 1. The van der Waals surface area contributed by atoms with E-state index >= 15 is 0 Å². The van der Waals surface area contributed by atoms with Gasteiger partial charge >= 0.3 is 0 Å². The Balaban J connectivity index is 1.58. The van der Waals surface area contributed by atoms with Gasteiger partial charge in [-0.2, -0.15) is 5.10 Å². The fourth-order valence-corrected chi connectivity index (χ4v) is 2.30. The van der Waals surface area contributed by atoms with Gasteiger partial charge in [-0.1, -0.05) is 18.2 Å². The van der Waals surface area contributed by atoms with E-state index in [1.165, 1.54) is 0 Å². The van der Waals surface area contributed by atoms with Crippen molar-refractivity contribution in [2.45, 2.75) is 6.92 Å². The lowest BCUT2D eigenvalue weighted by Crippen LogP contribution is -2.24. The summed E-state index contributed by atoms with van der Waals surface area (Å²) in [6.45, 7) is 1.88. The smallest absolute Gasteiger partial charge is 0.277 e. The molecular formula is C18H18N4O2. The van der Waals surface area contributed by atoms with Crippen molar-refractivity contribution >= 4 is 23.0 Å². The zero-order chi connectivity index (χ0) is 16.9. The Bertz CT molecular complexity index is 894. The second kappa shape index (κ2) is 6.95. The van der Waals surface area contributed by atoms with E-state index in [0.717, 1.165) is 22.3 Å². The minimum atomic E-state index is -0.329. The largest absolute Gasteiger partial charge is 0.481 e. The third kappa shape index (κ3) is 3.43. The normalized spacial score (nSPS) is 11.1. The van der Waals surface area contributed by atoms with Crippen LogP contribution in [0.4, 0.5) is 0 Å². The van der Waals surface area contributed by atoms with Gasteiger partial charge in [0.05, 0.1) is 11.9 Å². The summed E-state index contributed by atoms with van der Waals surface area (Å²) in [7, 11) is 1.94.